The number of fused-ring (bicyclic) bond motifs is 1. The lowest BCUT2D eigenvalue weighted by Gasteiger charge is -2.32. The lowest BCUT2D eigenvalue weighted by atomic mass is 10.1. The summed E-state index contributed by atoms with van der Waals surface area (Å²) < 4.78 is 1.44. The minimum atomic E-state index is -0.131. The normalized spacial score (nSPS) is 16.6. The minimum Gasteiger partial charge on any atom is -0.357 e. The zero-order valence-corrected chi connectivity index (χ0v) is 14.3. The van der Waals surface area contributed by atoms with Crippen molar-refractivity contribution < 1.29 is 4.79 Å². The van der Waals surface area contributed by atoms with E-state index < -0.39 is 0 Å². The number of H-pyrrole nitrogens is 1. The Kier molecular flexibility index (Phi) is 5.01. The molecule has 2 aromatic rings. The minimum absolute atomic E-state index is 0.124. The summed E-state index contributed by atoms with van der Waals surface area (Å²) in [6, 6.07) is 1.77. The van der Waals surface area contributed by atoms with Gasteiger partial charge in [0.15, 0.2) is 0 Å². The van der Waals surface area contributed by atoms with Crippen molar-refractivity contribution in [2.24, 2.45) is 7.05 Å². The first-order valence-corrected chi connectivity index (χ1v) is 8.42. The number of piperazine rings is 1. The zero-order valence-electron chi connectivity index (χ0n) is 14.3. The largest absolute Gasteiger partial charge is 0.357 e. The summed E-state index contributed by atoms with van der Waals surface area (Å²) >= 11 is 0. The number of amides is 1. The highest BCUT2D eigenvalue weighted by atomic mass is 16.2. The Morgan fingerprint density at radius 2 is 2.00 bits per heavy atom. The molecule has 0 spiro atoms. The molecule has 2 N–H and O–H groups in total. The second-order valence-corrected chi connectivity index (χ2v) is 6.48. The first kappa shape index (κ1) is 16.7. The van der Waals surface area contributed by atoms with Crippen LogP contribution in [-0.4, -0.2) is 71.6 Å². The Labute approximate surface area is 141 Å². The highest BCUT2D eigenvalue weighted by Gasteiger charge is 2.15. The smallest absolute Gasteiger partial charge is 0.274 e. The molecule has 0 radical (unpaired) electrons. The number of likely N-dealkylation sites (N-methyl/N-ethyl adjacent to an activating group) is 1. The Morgan fingerprint density at radius 1 is 1.25 bits per heavy atom. The number of nitrogens with zero attached hydrogens (tertiary/aromatic N) is 3. The highest BCUT2D eigenvalue weighted by Crippen LogP contribution is 2.13. The topological polar surface area (TPSA) is 73.4 Å². The van der Waals surface area contributed by atoms with Gasteiger partial charge in [0.1, 0.15) is 5.52 Å². The number of hydrogen-bond donors (Lipinski definition) is 2. The van der Waals surface area contributed by atoms with Crippen LogP contribution in [-0.2, 0) is 7.05 Å². The fourth-order valence-electron chi connectivity index (χ4n) is 3.12. The first-order valence-electron chi connectivity index (χ1n) is 8.42. The van der Waals surface area contributed by atoms with Crippen LogP contribution in [0.1, 0.15) is 16.8 Å². The standard InChI is InChI=1S/C17H25N5O2/c1-20-8-10-22(11-9-20)7-3-5-19-16(23)14-12-21(2)17(24)15-13(14)4-6-18-15/h4,6,12,18H,3,5,7-11H2,1-2H3,(H,19,23). The molecule has 7 nitrogen and oxygen atoms in total. The average molecular weight is 331 g/mol. The zero-order chi connectivity index (χ0) is 17.1. The highest BCUT2D eigenvalue weighted by molar-refractivity contribution is 6.05. The van der Waals surface area contributed by atoms with Crippen molar-refractivity contribution in [1.82, 2.24) is 24.7 Å². The quantitative estimate of drug-likeness (QED) is 0.770. The number of aromatic amines is 1. The van der Waals surface area contributed by atoms with Crippen LogP contribution in [0.15, 0.2) is 23.3 Å². The van der Waals surface area contributed by atoms with Crippen molar-refractivity contribution in [2.75, 3.05) is 46.3 Å². The van der Waals surface area contributed by atoms with Gasteiger partial charge in [-0.1, -0.05) is 0 Å². The van der Waals surface area contributed by atoms with Gasteiger partial charge in [0.2, 0.25) is 0 Å². The SMILES string of the molecule is CN1CCN(CCCNC(=O)c2cn(C)c(=O)c3[nH]ccc23)CC1. The van der Waals surface area contributed by atoms with Crippen molar-refractivity contribution in [3.05, 3.63) is 34.4 Å². The van der Waals surface area contributed by atoms with Gasteiger partial charge in [-0.25, -0.2) is 0 Å². The fourth-order valence-corrected chi connectivity index (χ4v) is 3.12. The number of aryl methyl sites for hydroxylation is 1. The molecule has 0 bridgehead atoms. The van der Waals surface area contributed by atoms with E-state index in [0.29, 0.717) is 23.0 Å². The Morgan fingerprint density at radius 3 is 2.75 bits per heavy atom. The van der Waals surface area contributed by atoms with E-state index in [9.17, 15) is 9.59 Å². The molecule has 3 heterocycles. The number of rotatable bonds is 5. The van der Waals surface area contributed by atoms with Crippen LogP contribution in [0.25, 0.3) is 10.9 Å². The van der Waals surface area contributed by atoms with Gasteiger partial charge in [0, 0.05) is 57.6 Å². The van der Waals surface area contributed by atoms with Crippen LogP contribution in [0.3, 0.4) is 0 Å². The third kappa shape index (κ3) is 3.52. The third-order valence-electron chi connectivity index (χ3n) is 4.67. The van der Waals surface area contributed by atoms with Gasteiger partial charge in [0.25, 0.3) is 11.5 Å². The van der Waals surface area contributed by atoms with E-state index in [2.05, 4.69) is 27.1 Å². The number of hydrogen-bond acceptors (Lipinski definition) is 4. The maximum Gasteiger partial charge on any atom is 0.274 e. The van der Waals surface area contributed by atoms with Gasteiger partial charge in [-0.15, -0.1) is 0 Å². The molecule has 0 aromatic carbocycles. The summed E-state index contributed by atoms with van der Waals surface area (Å²) in [5.41, 5.74) is 0.886. The Bertz CT molecular complexity index is 771. The second-order valence-electron chi connectivity index (χ2n) is 6.48. The molecule has 24 heavy (non-hydrogen) atoms. The summed E-state index contributed by atoms with van der Waals surface area (Å²) in [5, 5.41) is 3.65. The van der Waals surface area contributed by atoms with E-state index in [1.54, 1.807) is 25.5 Å². The first-order chi connectivity index (χ1) is 11.6. The van der Waals surface area contributed by atoms with Gasteiger partial charge < -0.3 is 24.7 Å². The van der Waals surface area contributed by atoms with E-state index >= 15 is 0 Å². The van der Waals surface area contributed by atoms with E-state index in [4.69, 9.17) is 0 Å². The summed E-state index contributed by atoms with van der Waals surface area (Å²) in [6.45, 7) is 6.04. The van der Waals surface area contributed by atoms with Crippen LogP contribution < -0.4 is 10.9 Å². The van der Waals surface area contributed by atoms with Gasteiger partial charge >= 0.3 is 0 Å². The average Bonchev–Trinajstić information content (AvgIpc) is 3.06. The second kappa shape index (κ2) is 7.19. The molecule has 0 atom stereocenters. The lowest BCUT2D eigenvalue weighted by molar-refractivity contribution is 0.0950. The maximum absolute atomic E-state index is 12.5. The molecule has 1 fully saturated rings. The molecule has 2 aromatic heterocycles. The van der Waals surface area contributed by atoms with Gasteiger partial charge in [-0.3, -0.25) is 9.59 Å². The van der Waals surface area contributed by atoms with E-state index in [1.807, 2.05) is 0 Å². The molecular weight excluding hydrogens is 306 g/mol. The Hall–Kier alpha value is -2.12. The van der Waals surface area contributed by atoms with Crippen LogP contribution >= 0.6 is 0 Å². The van der Waals surface area contributed by atoms with E-state index in [-0.39, 0.29) is 11.5 Å². The third-order valence-corrected chi connectivity index (χ3v) is 4.67. The molecule has 0 aliphatic carbocycles. The molecule has 0 saturated carbocycles. The fraction of sp³-hybridized carbons (Fsp3) is 0.529. The molecule has 1 amide bonds. The molecule has 1 aliphatic heterocycles. The van der Waals surface area contributed by atoms with Crippen molar-refractivity contribution >= 4 is 16.8 Å². The van der Waals surface area contributed by atoms with Gasteiger partial charge in [-0.05, 0) is 26.1 Å². The number of nitrogens with one attached hydrogen (secondary N) is 2. The van der Waals surface area contributed by atoms with Gasteiger partial charge in [0.05, 0.1) is 5.56 Å². The molecule has 0 unspecified atom stereocenters. The number of carbonyl (C=O) groups is 1. The molecular formula is C17H25N5O2. The Balaban J connectivity index is 1.55. The summed E-state index contributed by atoms with van der Waals surface area (Å²) in [4.78, 5) is 32.1. The summed E-state index contributed by atoms with van der Waals surface area (Å²) in [5.74, 6) is -0.131. The molecule has 3 rings (SSSR count). The molecule has 1 saturated heterocycles. The van der Waals surface area contributed by atoms with Crippen molar-refractivity contribution in [3.63, 3.8) is 0 Å². The number of carbonyl (C=O) groups excluding carboxylic acids is 1. The maximum atomic E-state index is 12.5. The van der Waals surface area contributed by atoms with E-state index in [1.165, 1.54) is 4.57 Å². The van der Waals surface area contributed by atoms with Crippen LogP contribution in [0.5, 0.6) is 0 Å². The summed E-state index contributed by atoms with van der Waals surface area (Å²) in [7, 11) is 3.80. The van der Waals surface area contributed by atoms with E-state index in [0.717, 1.165) is 39.1 Å². The summed E-state index contributed by atoms with van der Waals surface area (Å²) in [6.07, 6.45) is 4.22. The van der Waals surface area contributed by atoms with Crippen molar-refractivity contribution in [3.8, 4) is 0 Å². The van der Waals surface area contributed by atoms with Gasteiger partial charge in [-0.2, -0.15) is 0 Å². The molecule has 7 heteroatoms. The van der Waals surface area contributed by atoms with Crippen LogP contribution in [0.2, 0.25) is 0 Å². The monoisotopic (exact) mass is 331 g/mol. The molecule has 1 aliphatic rings. The number of aromatic nitrogens is 2. The van der Waals surface area contributed by atoms with Crippen molar-refractivity contribution in [2.45, 2.75) is 6.42 Å². The van der Waals surface area contributed by atoms with Crippen LogP contribution in [0.4, 0.5) is 0 Å². The van der Waals surface area contributed by atoms with Crippen LogP contribution in [0, 0.1) is 0 Å². The predicted octanol–water partition coefficient (Wildman–Crippen LogP) is 0.234. The predicted molar refractivity (Wildman–Crippen MR) is 94.4 cm³/mol. The molecule has 130 valence electrons. The number of pyridine rings is 1. The van der Waals surface area contributed by atoms with Crippen molar-refractivity contribution in [1.29, 1.82) is 0 Å². The lowest BCUT2D eigenvalue weighted by Crippen LogP contribution is -2.45.